The second-order valence-electron chi connectivity index (χ2n) is 2.70. The van der Waals surface area contributed by atoms with Gasteiger partial charge in [0.1, 0.15) is 0 Å². The number of carbonyl (C=O) groups is 1. The number of nitrogens with one attached hydrogen (secondary N) is 1. The van der Waals surface area contributed by atoms with Gasteiger partial charge in [-0.1, -0.05) is 12.1 Å². The van der Waals surface area contributed by atoms with Crippen molar-refractivity contribution in [3.8, 4) is 6.19 Å². The second kappa shape index (κ2) is 5.30. The quantitative estimate of drug-likeness (QED) is 0.605. The smallest absolute Gasteiger partial charge is 0.264 e. The highest BCUT2D eigenvalue weighted by Crippen LogP contribution is 2.11. The summed E-state index contributed by atoms with van der Waals surface area (Å²) in [5, 5.41) is 10.4. The van der Waals surface area contributed by atoms with E-state index in [0.29, 0.717) is 5.56 Å². The van der Waals surface area contributed by atoms with Gasteiger partial charge in [-0.2, -0.15) is 17.0 Å². The molecule has 0 aliphatic rings. The topological polar surface area (TPSA) is 52.9 Å². The number of thioether (sulfide) groups is 1. The lowest BCUT2D eigenvalue weighted by Gasteiger charge is -2.01. The molecule has 0 fully saturated rings. The lowest BCUT2D eigenvalue weighted by atomic mass is 10.1. The first kappa shape index (κ1) is 10.6. The molecule has 0 heterocycles. The van der Waals surface area contributed by atoms with Crippen LogP contribution in [-0.2, 0) is 5.75 Å². The van der Waals surface area contributed by atoms with E-state index in [0.717, 1.165) is 11.3 Å². The van der Waals surface area contributed by atoms with E-state index in [1.165, 1.54) is 0 Å². The van der Waals surface area contributed by atoms with Gasteiger partial charge in [0.05, 0.1) is 0 Å². The number of amides is 1. The molecule has 0 aliphatic carbocycles. The van der Waals surface area contributed by atoms with Gasteiger partial charge in [0, 0.05) is 11.3 Å². The van der Waals surface area contributed by atoms with Crippen LogP contribution in [-0.4, -0.2) is 12.2 Å². The van der Waals surface area contributed by atoms with Gasteiger partial charge < -0.3 is 0 Å². The maximum atomic E-state index is 11.3. The molecule has 0 saturated heterocycles. The molecular weight excluding hydrogens is 196 g/mol. The highest BCUT2D eigenvalue weighted by molar-refractivity contribution is 7.97. The summed E-state index contributed by atoms with van der Waals surface area (Å²) < 4.78 is 0. The van der Waals surface area contributed by atoms with E-state index in [-0.39, 0.29) is 5.91 Å². The van der Waals surface area contributed by atoms with Crippen LogP contribution in [0.1, 0.15) is 15.9 Å². The van der Waals surface area contributed by atoms with Crippen molar-refractivity contribution in [1.82, 2.24) is 5.32 Å². The van der Waals surface area contributed by atoms with Gasteiger partial charge in [-0.15, -0.1) is 0 Å². The molecule has 1 aromatic rings. The van der Waals surface area contributed by atoms with Gasteiger partial charge in [0.15, 0.2) is 6.19 Å². The maximum Gasteiger partial charge on any atom is 0.264 e. The standard InChI is InChI=1S/C10H10N2OS/c1-14-6-8-3-2-4-9(5-8)10(13)12-7-11/h2-5H,6H2,1H3,(H,12,13). The van der Waals surface area contributed by atoms with Gasteiger partial charge >= 0.3 is 0 Å². The van der Waals surface area contributed by atoms with Crippen molar-refractivity contribution in [2.45, 2.75) is 5.75 Å². The Kier molecular flexibility index (Phi) is 4.02. The van der Waals surface area contributed by atoms with Crippen molar-refractivity contribution in [3.63, 3.8) is 0 Å². The molecule has 0 aliphatic heterocycles. The second-order valence-corrected chi connectivity index (χ2v) is 3.57. The van der Waals surface area contributed by atoms with Gasteiger partial charge in [-0.05, 0) is 24.0 Å². The molecule has 0 saturated carbocycles. The summed E-state index contributed by atoms with van der Waals surface area (Å²) in [6, 6.07) is 7.26. The number of hydrogen-bond donors (Lipinski definition) is 1. The Balaban J connectivity index is 2.83. The van der Waals surface area contributed by atoms with E-state index in [1.54, 1.807) is 30.1 Å². The molecule has 1 N–H and O–H groups in total. The highest BCUT2D eigenvalue weighted by atomic mass is 32.2. The van der Waals surface area contributed by atoms with Gasteiger partial charge in [-0.3, -0.25) is 10.1 Å². The summed E-state index contributed by atoms with van der Waals surface area (Å²) in [6.07, 6.45) is 3.61. The molecule has 3 nitrogen and oxygen atoms in total. The van der Waals surface area contributed by atoms with Crippen LogP contribution in [0, 0.1) is 11.5 Å². The first-order chi connectivity index (χ1) is 6.77. The molecule has 1 amide bonds. The third-order valence-corrected chi connectivity index (χ3v) is 2.29. The van der Waals surface area contributed by atoms with E-state index in [4.69, 9.17) is 5.26 Å². The van der Waals surface area contributed by atoms with E-state index in [2.05, 4.69) is 5.32 Å². The molecule has 0 atom stereocenters. The van der Waals surface area contributed by atoms with E-state index < -0.39 is 0 Å². The lowest BCUT2D eigenvalue weighted by molar-refractivity contribution is 0.0973. The third-order valence-electron chi connectivity index (χ3n) is 1.67. The first-order valence-corrected chi connectivity index (χ1v) is 5.44. The van der Waals surface area contributed by atoms with Crippen LogP contribution >= 0.6 is 11.8 Å². The normalized spacial score (nSPS) is 9.14. The van der Waals surface area contributed by atoms with Gasteiger partial charge in [0.2, 0.25) is 0 Å². The zero-order valence-electron chi connectivity index (χ0n) is 7.78. The van der Waals surface area contributed by atoms with Crippen LogP contribution in [0.5, 0.6) is 0 Å². The minimum Gasteiger partial charge on any atom is -0.268 e. The fourth-order valence-corrected chi connectivity index (χ4v) is 1.60. The minimum absolute atomic E-state index is 0.351. The van der Waals surface area contributed by atoms with Crippen molar-refractivity contribution < 1.29 is 4.79 Å². The van der Waals surface area contributed by atoms with Crippen molar-refractivity contribution in [3.05, 3.63) is 35.4 Å². The van der Waals surface area contributed by atoms with E-state index in [1.807, 2.05) is 18.4 Å². The summed E-state index contributed by atoms with van der Waals surface area (Å²) in [6.45, 7) is 0. The Hall–Kier alpha value is -1.47. The number of nitrogens with zero attached hydrogens (tertiary/aromatic N) is 1. The predicted octanol–water partition coefficient (Wildman–Crippen LogP) is 1.76. The zero-order valence-corrected chi connectivity index (χ0v) is 8.60. The SMILES string of the molecule is CSCc1cccc(C(=O)NC#N)c1. The molecule has 14 heavy (non-hydrogen) atoms. The molecular formula is C10H10N2OS. The summed E-state index contributed by atoms with van der Waals surface area (Å²) in [7, 11) is 0. The lowest BCUT2D eigenvalue weighted by Crippen LogP contribution is -2.17. The molecule has 0 spiro atoms. The van der Waals surface area contributed by atoms with Crippen LogP contribution < -0.4 is 5.32 Å². The van der Waals surface area contributed by atoms with Gasteiger partial charge in [-0.25, -0.2) is 0 Å². The molecule has 1 rings (SSSR count). The predicted molar refractivity (Wildman–Crippen MR) is 56.7 cm³/mol. The Morgan fingerprint density at radius 2 is 2.43 bits per heavy atom. The number of carbonyl (C=O) groups excluding carboxylic acids is 1. The Labute approximate surface area is 87.1 Å². The molecule has 0 bridgehead atoms. The number of nitriles is 1. The van der Waals surface area contributed by atoms with Crippen LogP contribution in [0.15, 0.2) is 24.3 Å². The van der Waals surface area contributed by atoms with Crippen molar-refractivity contribution in [2.75, 3.05) is 6.26 Å². The van der Waals surface area contributed by atoms with Crippen LogP contribution in [0.2, 0.25) is 0 Å². The number of hydrogen-bond acceptors (Lipinski definition) is 3. The third kappa shape index (κ3) is 2.79. The molecule has 0 aromatic heterocycles. The number of rotatable bonds is 3. The molecule has 0 unspecified atom stereocenters. The monoisotopic (exact) mass is 206 g/mol. The van der Waals surface area contributed by atoms with Gasteiger partial charge in [0.25, 0.3) is 5.91 Å². The summed E-state index contributed by atoms with van der Waals surface area (Å²) in [5.41, 5.74) is 1.61. The summed E-state index contributed by atoms with van der Waals surface area (Å²) >= 11 is 1.69. The highest BCUT2D eigenvalue weighted by Gasteiger charge is 2.04. The maximum absolute atomic E-state index is 11.3. The Bertz CT molecular complexity index is 371. The molecule has 1 aromatic carbocycles. The van der Waals surface area contributed by atoms with Crippen LogP contribution in [0.3, 0.4) is 0 Å². The molecule has 4 heteroatoms. The minimum atomic E-state index is -0.351. The Morgan fingerprint density at radius 3 is 3.07 bits per heavy atom. The zero-order chi connectivity index (χ0) is 10.4. The fraction of sp³-hybridized carbons (Fsp3) is 0.200. The molecule has 0 radical (unpaired) electrons. The van der Waals surface area contributed by atoms with Crippen LogP contribution in [0.4, 0.5) is 0 Å². The largest absolute Gasteiger partial charge is 0.268 e. The van der Waals surface area contributed by atoms with Crippen molar-refractivity contribution >= 4 is 17.7 Å². The molecule has 72 valence electrons. The number of benzene rings is 1. The summed E-state index contributed by atoms with van der Waals surface area (Å²) in [4.78, 5) is 11.3. The van der Waals surface area contributed by atoms with Crippen LogP contribution in [0.25, 0.3) is 0 Å². The van der Waals surface area contributed by atoms with Crippen molar-refractivity contribution in [1.29, 1.82) is 5.26 Å². The fourth-order valence-electron chi connectivity index (χ4n) is 1.09. The first-order valence-electron chi connectivity index (χ1n) is 4.05. The Morgan fingerprint density at radius 1 is 1.64 bits per heavy atom. The van der Waals surface area contributed by atoms with E-state index in [9.17, 15) is 4.79 Å². The van der Waals surface area contributed by atoms with E-state index >= 15 is 0 Å². The average Bonchev–Trinajstić information content (AvgIpc) is 2.19. The van der Waals surface area contributed by atoms with Crippen molar-refractivity contribution in [2.24, 2.45) is 0 Å². The summed E-state index contributed by atoms with van der Waals surface area (Å²) in [5.74, 6) is 0.517. The average molecular weight is 206 g/mol.